The molecule has 11 nitrogen and oxygen atoms in total. The standard InChI is InChI=1S/C21H22N4O7/c1-4-13-11-19(26)23(12-15-6-5-7-16(24(27)28)21(15)25(29)30)22-20(13)14-8-9-17(31-2)18(10-14)32-3/h5-10,13H,4,11-12H2,1-3H3. The molecule has 3 rings (SSSR count). The van der Waals surface area contributed by atoms with E-state index in [1.807, 2.05) is 6.92 Å². The van der Waals surface area contributed by atoms with Gasteiger partial charge in [0.15, 0.2) is 11.5 Å². The van der Waals surface area contributed by atoms with Crippen molar-refractivity contribution in [2.24, 2.45) is 11.0 Å². The Kier molecular flexibility index (Phi) is 6.67. The van der Waals surface area contributed by atoms with E-state index in [-0.39, 0.29) is 30.4 Å². The summed E-state index contributed by atoms with van der Waals surface area (Å²) >= 11 is 0. The first-order valence-corrected chi connectivity index (χ1v) is 9.82. The van der Waals surface area contributed by atoms with Gasteiger partial charge in [0.05, 0.1) is 41.9 Å². The lowest BCUT2D eigenvalue weighted by molar-refractivity contribution is -0.423. The van der Waals surface area contributed by atoms with Gasteiger partial charge in [-0.05, 0) is 30.7 Å². The number of rotatable bonds is 8. The zero-order chi connectivity index (χ0) is 23.4. The van der Waals surface area contributed by atoms with Crippen molar-refractivity contribution >= 4 is 23.0 Å². The Bertz CT molecular complexity index is 1100. The number of ether oxygens (including phenoxy) is 2. The molecule has 0 aliphatic carbocycles. The molecule has 1 aliphatic rings. The minimum absolute atomic E-state index is 0.0305. The van der Waals surface area contributed by atoms with Crippen molar-refractivity contribution in [3.05, 3.63) is 67.8 Å². The fourth-order valence-corrected chi connectivity index (χ4v) is 3.66. The van der Waals surface area contributed by atoms with Crippen LogP contribution in [0.4, 0.5) is 11.4 Å². The molecule has 0 spiro atoms. The molecule has 0 radical (unpaired) electrons. The van der Waals surface area contributed by atoms with Crippen LogP contribution in [-0.2, 0) is 11.3 Å². The molecule has 1 unspecified atom stereocenters. The number of nitrogens with zero attached hydrogens (tertiary/aromatic N) is 4. The lowest BCUT2D eigenvalue weighted by atomic mass is 9.89. The average molecular weight is 442 g/mol. The van der Waals surface area contributed by atoms with Gasteiger partial charge in [-0.1, -0.05) is 13.0 Å². The highest BCUT2D eigenvalue weighted by Crippen LogP contribution is 2.34. The summed E-state index contributed by atoms with van der Waals surface area (Å²) in [7, 11) is 3.04. The van der Waals surface area contributed by atoms with E-state index in [0.29, 0.717) is 23.6 Å². The van der Waals surface area contributed by atoms with Gasteiger partial charge in [-0.2, -0.15) is 5.10 Å². The molecule has 0 aromatic heterocycles. The van der Waals surface area contributed by atoms with Gasteiger partial charge in [0, 0.05) is 24.0 Å². The highest BCUT2D eigenvalue weighted by molar-refractivity contribution is 6.06. The van der Waals surface area contributed by atoms with Crippen LogP contribution in [0.5, 0.6) is 11.5 Å². The number of carbonyl (C=O) groups excluding carboxylic acids is 1. The number of methoxy groups -OCH3 is 2. The zero-order valence-corrected chi connectivity index (χ0v) is 17.8. The van der Waals surface area contributed by atoms with E-state index in [1.54, 1.807) is 18.2 Å². The Morgan fingerprint density at radius 3 is 2.41 bits per heavy atom. The van der Waals surface area contributed by atoms with Crippen molar-refractivity contribution < 1.29 is 24.1 Å². The maximum Gasteiger partial charge on any atom is 0.351 e. The monoisotopic (exact) mass is 442 g/mol. The molecule has 1 amide bonds. The van der Waals surface area contributed by atoms with E-state index < -0.39 is 21.2 Å². The van der Waals surface area contributed by atoms with E-state index in [1.165, 1.54) is 26.4 Å². The molecule has 0 saturated heterocycles. The summed E-state index contributed by atoms with van der Waals surface area (Å²) in [6.07, 6.45) is 0.816. The summed E-state index contributed by atoms with van der Waals surface area (Å²) in [6.45, 7) is 1.68. The van der Waals surface area contributed by atoms with Gasteiger partial charge >= 0.3 is 11.4 Å². The van der Waals surface area contributed by atoms with Crippen LogP contribution < -0.4 is 9.47 Å². The summed E-state index contributed by atoms with van der Waals surface area (Å²) in [6, 6.07) is 9.08. The number of benzene rings is 2. The molecule has 32 heavy (non-hydrogen) atoms. The second-order valence-electron chi connectivity index (χ2n) is 7.11. The van der Waals surface area contributed by atoms with Crippen LogP contribution in [0.25, 0.3) is 0 Å². The zero-order valence-electron chi connectivity index (χ0n) is 17.8. The predicted octanol–water partition coefficient (Wildman–Crippen LogP) is 3.68. The Morgan fingerprint density at radius 2 is 1.81 bits per heavy atom. The lowest BCUT2D eigenvalue weighted by Gasteiger charge is -2.29. The molecular weight excluding hydrogens is 420 g/mol. The van der Waals surface area contributed by atoms with Crippen molar-refractivity contribution in [1.29, 1.82) is 0 Å². The summed E-state index contributed by atoms with van der Waals surface area (Å²) < 4.78 is 10.6. The molecule has 0 saturated carbocycles. The van der Waals surface area contributed by atoms with Gasteiger partial charge in [-0.3, -0.25) is 25.0 Å². The maximum atomic E-state index is 12.7. The van der Waals surface area contributed by atoms with Crippen molar-refractivity contribution in [2.75, 3.05) is 14.2 Å². The van der Waals surface area contributed by atoms with Crippen LogP contribution in [0.1, 0.15) is 30.9 Å². The SMILES string of the molecule is CCC1CC(=O)N(Cc2cccc([N+](=O)[O-])c2[N+](=O)[O-])N=C1c1ccc(OC)c(OC)c1. The van der Waals surface area contributed by atoms with E-state index in [0.717, 1.165) is 16.6 Å². The first-order chi connectivity index (χ1) is 15.3. The Balaban J connectivity index is 2.05. The van der Waals surface area contributed by atoms with Crippen molar-refractivity contribution in [1.82, 2.24) is 5.01 Å². The number of amides is 1. The molecule has 1 atom stereocenters. The maximum absolute atomic E-state index is 12.7. The van der Waals surface area contributed by atoms with Gasteiger partial charge in [-0.15, -0.1) is 0 Å². The van der Waals surface area contributed by atoms with Crippen LogP contribution in [0.3, 0.4) is 0 Å². The second kappa shape index (κ2) is 9.41. The molecule has 0 bridgehead atoms. The molecular formula is C21H22N4O7. The summed E-state index contributed by atoms with van der Waals surface area (Å²) in [4.78, 5) is 33.9. The minimum Gasteiger partial charge on any atom is -0.493 e. The third kappa shape index (κ3) is 4.36. The second-order valence-corrected chi connectivity index (χ2v) is 7.11. The summed E-state index contributed by atoms with van der Waals surface area (Å²) in [5.41, 5.74) is 0.0999. The third-order valence-corrected chi connectivity index (χ3v) is 5.29. The van der Waals surface area contributed by atoms with E-state index >= 15 is 0 Å². The highest BCUT2D eigenvalue weighted by atomic mass is 16.6. The van der Waals surface area contributed by atoms with Gasteiger partial charge in [-0.25, -0.2) is 5.01 Å². The van der Waals surface area contributed by atoms with Crippen LogP contribution in [-0.4, -0.2) is 40.7 Å². The smallest absolute Gasteiger partial charge is 0.351 e. The van der Waals surface area contributed by atoms with E-state index in [2.05, 4.69) is 5.10 Å². The summed E-state index contributed by atoms with van der Waals surface area (Å²) in [5, 5.41) is 28.4. The molecule has 11 heteroatoms. The number of hydrogen-bond donors (Lipinski definition) is 0. The molecule has 0 N–H and O–H groups in total. The number of nitro groups is 2. The molecule has 168 valence electrons. The normalized spacial score (nSPS) is 15.8. The van der Waals surface area contributed by atoms with Crippen LogP contribution in [0, 0.1) is 26.1 Å². The number of carbonyl (C=O) groups is 1. The molecule has 1 aliphatic heterocycles. The molecule has 1 heterocycles. The van der Waals surface area contributed by atoms with Crippen molar-refractivity contribution in [3.63, 3.8) is 0 Å². The van der Waals surface area contributed by atoms with Crippen LogP contribution in [0.2, 0.25) is 0 Å². The fourth-order valence-electron chi connectivity index (χ4n) is 3.66. The van der Waals surface area contributed by atoms with Gasteiger partial charge < -0.3 is 9.47 Å². The molecule has 0 fully saturated rings. The first-order valence-electron chi connectivity index (χ1n) is 9.82. The van der Waals surface area contributed by atoms with Gasteiger partial charge in [0.1, 0.15) is 0 Å². The Hall–Kier alpha value is -4.02. The van der Waals surface area contributed by atoms with E-state index in [9.17, 15) is 25.0 Å². The van der Waals surface area contributed by atoms with Crippen molar-refractivity contribution in [3.8, 4) is 11.5 Å². The van der Waals surface area contributed by atoms with Crippen LogP contribution >= 0.6 is 0 Å². The lowest BCUT2D eigenvalue weighted by Crippen LogP contribution is -2.36. The molecule has 2 aromatic rings. The average Bonchev–Trinajstić information content (AvgIpc) is 2.79. The number of para-hydroxylation sites is 1. The minimum atomic E-state index is -0.814. The number of hydrogen-bond acceptors (Lipinski definition) is 8. The topological polar surface area (TPSA) is 137 Å². The van der Waals surface area contributed by atoms with Crippen LogP contribution in [0.15, 0.2) is 41.5 Å². The number of hydrazone groups is 1. The Labute approximate surface area is 183 Å². The third-order valence-electron chi connectivity index (χ3n) is 5.29. The predicted molar refractivity (Wildman–Crippen MR) is 115 cm³/mol. The molecule has 2 aromatic carbocycles. The number of nitro benzene ring substituents is 2. The van der Waals surface area contributed by atoms with Gasteiger partial charge in [0.2, 0.25) is 5.91 Å². The Morgan fingerprint density at radius 1 is 1.09 bits per heavy atom. The largest absolute Gasteiger partial charge is 0.493 e. The highest BCUT2D eigenvalue weighted by Gasteiger charge is 2.33. The van der Waals surface area contributed by atoms with Gasteiger partial charge in [0.25, 0.3) is 0 Å². The quantitative estimate of drug-likeness (QED) is 0.449. The fraction of sp³-hybridized carbons (Fsp3) is 0.333. The first kappa shape index (κ1) is 22.7. The summed E-state index contributed by atoms with van der Waals surface area (Å²) in [5.74, 6) is 0.569. The van der Waals surface area contributed by atoms with Crippen molar-refractivity contribution in [2.45, 2.75) is 26.3 Å². The van der Waals surface area contributed by atoms with E-state index in [4.69, 9.17) is 9.47 Å².